The molecule has 16 heavy (non-hydrogen) atoms. The molecule has 5 heteroatoms. The number of nitrogens with zero attached hydrogens (tertiary/aromatic N) is 2. The van der Waals surface area contributed by atoms with Crippen molar-refractivity contribution in [1.82, 2.24) is 10.0 Å². The van der Waals surface area contributed by atoms with Crippen LogP contribution < -0.4 is 0 Å². The lowest BCUT2D eigenvalue weighted by Crippen LogP contribution is -2.49. The summed E-state index contributed by atoms with van der Waals surface area (Å²) in [4.78, 5) is 14.1. The molecule has 4 nitrogen and oxygen atoms in total. The zero-order chi connectivity index (χ0) is 11.5. The Labute approximate surface area is 99.4 Å². The Bertz CT molecular complexity index is 372. The number of hydrogen-bond acceptors (Lipinski definition) is 4. The third-order valence-corrected chi connectivity index (χ3v) is 3.65. The normalized spacial score (nSPS) is 17.4. The third kappa shape index (κ3) is 2.42. The highest BCUT2D eigenvalue weighted by Gasteiger charge is 2.21. The number of hydrazine groups is 1. The number of carbonyl (C=O) groups is 1. The van der Waals surface area contributed by atoms with E-state index in [0.29, 0.717) is 13.2 Å². The van der Waals surface area contributed by atoms with Gasteiger partial charge in [-0.2, -0.15) is 0 Å². The van der Waals surface area contributed by atoms with Crippen molar-refractivity contribution < 1.29 is 9.53 Å². The van der Waals surface area contributed by atoms with E-state index in [2.05, 4.69) is 0 Å². The number of rotatable bonds is 2. The maximum Gasteiger partial charge on any atom is 0.277 e. The maximum absolute atomic E-state index is 12.1. The van der Waals surface area contributed by atoms with Crippen molar-refractivity contribution in [3.63, 3.8) is 0 Å². The lowest BCUT2D eigenvalue weighted by Gasteiger charge is -2.34. The summed E-state index contributed by atoms with van der Waals surface area (Å²) in [5.74, 6) is 0.0694. The zero-order valence-electron chi connectivity index (χ0n) is 9.60. The molecule has 0 bridgehead atoms. The van der Waals surface area contributed by atoms with Crippen LogP contribution >= 0.6 is 11.3 Å². The fourth-order valence-corrected chi connectivity index (χ4v) is 2.53. The van der Waals surface area contributed by atoms with Gasteiger partial charge in [0.15, 0.2) is 0 Å². The quantitative estimate of drug-likeness (QED) is 0.783. The largest absolute Gasteiger partial charge is 0.379 e. The van der Waals surface area contributed by atoms with E-state index in [4.69, 9.17) is 4.74 Å². The second-order valence-electron chi connectivity index (χ2n) is 3.81. The van der Waals surface area contributed by atoms with Gasteiger partial charge in [-0.25, -0.2) is 5.01 Å². The third-order valence-electron chi connectivity index (χ3n) is 2.66. The van der Waals surface area contributed by atoms with Crippen LogP contribution in [0.25, 0.3) is 0 Å². The molecule has 0 radical (unpaired) electrons. The Morgan fingerprint density at radius 1 is 1.44 bits per heavy atom. The number of hydrogen-bond donors (Lipinski definition) is 0. The maximum atomic E-state index is 12.1. The Morgan fingerprint density at radius 2 is 2.12 bits per heavy atom. The molecule has 0 spiro atoms. The molecular formula is C11H16N2O2S. The van der Waals surface area contributed by atoms with Crippen molar-refractivity contribution in [1.29, 1.82) is 0 Å². The first kappa shape index (κ1) is 11.6. The number of morpholine rings is 1. The smallest absolute Gasteiger partial charge is 0.277 e. The molecule has 88 valence electrons. The van der Waals surface area contributed by atoms with Crippen molar-refractivity contribution in [2.45, 2.75) is 6.92 Å². The van der Waals surface area contributed by atoms with Crippen LogP contribution in [0.4, 0.5) is 0 Å². The molecule has 2 rings (SSSR count). The van der Waals surface area contributed by atoms with Crippen LogP contribution in [0.5, 0.6) is 0 Å². The van der Waals surface area contributed by atoms with Crippen molar-refractivity contribution in [2.75, 3.05) is 33.4 Å². The highest BCUT2D eigenvalue weighted by atomic mass is 32.1. The van der Waals surface area contributed by atoms with E-state index >= 15 is 0 Å². The van der Waals surface area contributed by atoms with Crippen LogP contribution in [0.15, 0.2) is 12.1 Å². The van der Waals surface area contributed by atoms with Crippen LogP contribution in [0.3, 0.4) is 0 Å². The summed E-state index contributed by atoms with van der Waals surface area (Å²) in [5, 5.41) is 3.73. The minimum absolute atomic E-state index is 0.0694. The number of carbonyl (C=O) groups excluding carboxylic acids is 1. The predicted molar refractivity (Wildman–Crippen MR) is 63.5 cm³/mol. The van der Waals surface area contributed by atoms with Gasteiger partial charge in [-0.1, -0.05) is 0 Å². The van der Waals surface area contributed by atoms with Gasteiger partial charge in [0.2, 0.25) is 0 Å². The molecule has 1 aromatic heterocycles. The van der Waals surface area contributed by atoms with Gasteiger partial charge < -0.3 is 4.74 Å². The molecule has 1 aromatic rings. The Balaban J connectivity index is 2.03. The highest BCUT2D eigenvalue weighted by molar-refractivity contribution is 7.13. The average molecular weight is 240 g/mol. The van der Waals surface area contributed by atoms with Gasteiger partial charge in [-0.05, 0) is 19.1 Å². The Morgan fingerprint density at radius 3 is 2.69 bits per heavy atom. The minimum atomic E-state index is 0.0694. The lowest BCUT2D eigenvalue weighted by molar-refractivity contribution is -0.0577. The van der Waals surface area contributed by atoms with E-state index in [1.165, 1.54) is 16.2 Å². The van der Waals surface area contributed by atoms with Gasteiger partial charge in [0, 0.05) is 25.0 Å². The molecule has 2 heterocycles. The molecule has 1 aliphatic heterocycles. The van der Waals surface area contributed by atoms with Crippen molar-refractivity contribution in [2.24, 2.45) is 0 Å². The van der Waals surface area contributed by atoms with Crippen LogP contribution in [-0.2, 0) is 4.74 Å². The molecule has 0 atom stereocenters. The van der Waals surface area contributed by atoms with Gasteiger partial charge >= 0.3 is 0 Å². The molecular weight excluding hydrogens is 224 g/mol. The summed E-state index contributed by atoms with van der Waals surface area (Å²) in [6, 6.07) is 3.87. The van der Waals surface area contributed by atoms with E-state index in [1.807, 2.05) is 31.1 Å². The molecule has 1 aliphatic rings. The summed E-state index contributed by atoms with van der Waals surface area (Å²) >= 11 is 1.54. The van der Waals surface area contributed by atoms with E-state index < -0.39 is 0 Å². The molecule has 1 amide bonds. The lowest BCUT2D eigenvalue weighted by atomic mass is 10.4. The van der Waals surface area contributed by atoms with Gasteiger partial charge in [-0.15, -0.1) is 11.3 Å². The molecule has 0 aromatic carbocycles. The van der Waals surface area contributed by atoms with E-state index in [9.17, 15) is 4.79 Å². The number of ether oxygens (including phenoxy) is 1. The second-order valence-corrected chi connectivity index (χ2v) is 5.09. The topological polar surface area (TPSA) is 32.8 Å². The van der Waals surface area contributed by atoms with E-state index in [0.717, 1.165) is 18.0 Å². The first-order valence-electron chi connectivity index (χ1n) is 5.35. The Kier molecular flexibility index (Phi) is 3.58. The standard InChI is InChI=1S/C11H16N2O2S/c1-9-3-4-10(16-9)11(14)12(2)13-5-7-15-8-6-13/h3-4H,5-8H2,1-2H3. The summed E-state index contributed by atoms with van der Waals surface area (Å²) in [6.07, 6.45) is 0. The average Bonchev–Trinajstić information content (AvgIpc) is 2.75. The number of thiophene rings is 1. The second kappa shape index (κ2) is 4.95. The molecule has 1 saturated heterocycles. The van der Waals surface area contributed by atoms with Crippen LogP contribution in [0.1, 0.15) is 14.5 Å². The van der Waals surface area contributed by atoms with Crippen molar-refractivity contribution in [3.05, 3.63) is 21.9 Å². The van der Waals surface area contributed by atoms with Crippen LogP contribution in [0, 0.1) is 6.92 Å². The summed E-state index contributed by atoms with van der Waals surface area (Å²) in [7, 11) is 1.82. The minimum Gasteiger partial charge on any atom is -0.379 e. The number of amides is 1. The van der Waals surface area contributed by atoms with Gasteiger partial charge in [-0.3, -0.25) is 9.80 Å². The molecule has 0 unspecified atom stereocenters. The predicted octanol–water partition coefficient (Wildman–Crippen LogP) is 1.38. The van der Waals surface area contributed by atoms with Crippen LogP contribution in [-0.4, -0.2) is 49.3 Å². The van der Waals surface area contributed by atoms with Crippen LogP contribution in [0.2, 0.25) is 0 Å². The van der Waals surface area contributed by atoms with Gasteiger partial charge in [0.1, 0.15) is 0 Å². The summed E-state index contributed by atoms with van der Waals surface area (Å²) in [6.45, 7) is 4.97. The van der Waals surface area contributed by atoms with E-state index in [1.54, 1.807) is 5.01 Å². The van der Waals surface area contributed by atoms with Crippen molar-refractivity contribution in [3.8, 4) is 0 Å². The first-order valence-corrected chi connectivity index (χ1v) is 6.17. The first-order chi connectivity index (χ1) is 7.68. The Hall–Kier alpha value is -0.910. The van der Waals surface area contributed by atoms with Crippen molar-refractivity contribution >= 4 is 17.2 Å². The SMILES string of the molecule is Cc1ccc(C(=O)N(C)N2CCOCC2)s1. The zero-order valence-corrected chi connectivity index (χ0v) is 10.4. The van der Waals surface area contributed by atoms with E-state index in [-0.39, 0.29) is 5.91 Å². The summed E-state index contributed by atoms with van der Waals surface area (Å²) in [5.41, 5.74) is 0. The summed E-state index contributed by atoms with van der Waals surface area (Å²) < 4.78 is 5.26. The highest BCUT2D eigenvalue weighted by Crippen LogP contribution is 2.17. The fraction of sp³-hybridized carbons (Fsp3) is 0.545. The number of aryl methyl sites for hydroxylation is 1. The fourth-order valence-electron chi connectivity index (χ4n) is 1.69. The van der Waals surface area contributed by atoms with Gasteiger partial charge in [0.25, 0.3) is 5.91 Å². The van der Waals surface area contributed by atoms with Gasteiger partial charge in [0.05, 0.1) is 18.1 Å². The molecule has 0 aliphatic carbocycles. The molecule has 0 saturated carbocycles. The molecule has 0 N–H and O–H groups in total. The monoisotopic (exact) mass is 240 g/mol. The molecule has 1 fully saturated rings.